The van der Waals surface area contributed by atoms with E-state index in [2.05, 4.69) is 30.3 Å². The highest BCUT2D eigenvalue weighted by molar-refractivity contribution is 7.85. The summed E-state index contributed by atoms with van der Waals surface area (Å²) in [5.74, 6) is -0.414. The van der Waals surface area contributed by atoms with Gasteiger partial charge in [0.25, 0.3) is 0 Å². The summed E-state index contributed by atoms with van der Waals surface area (Å²) in [5, 5.41) is 6.54. The molecular weight excluding hydrogens is 487 g/mol. The highest BCUT2D eigenvalue weighted by Gasteiger charge is 2.29. The molecule has 4 heteroatoms. The van der Waals surface area contributed by atoms with Crippen LogP contribution in [0.5, 0.6) is 0 Å². The zero-order valence-electron chi connectivity index (χ0n) is 20.7. The van der Waals surface area contributed by atoms with Gasteiger partial charge in [0.15, 0.2) is 7.14 Å². The number of hydrogen-bond acceptors (Lipinski definition) is 3. The fourth-order valence-electron chi connectivity index (χ4n) is 5.02. The molecule has 3 nitrogen and oxygen atoms in total. The summed E-state index contributed by atoms with van der Waals surface area (Å²) in [6.07, 6.45) is 0. The lowest BCUT2D eigenvalue weighted by molar-refractivity contribution is 0.0476. The molecule has 0 saturated carbocycles. The number of ether oxygens (including phenoxy) is 1. The molecule has 0 amide bonds. The molecular formula is C34H25O3P. The fourth-order valence-corrected chi connectivity index (χ4v) is 7.66. The van der Waals surface area contributed by atoms with Gasteiger partial charge in [-0.15, -0.1) is 0 Å². The summed E-state index contributed by atoms with van der Waals surface area (Å²) in [4.78, 5) is 13.1. The van der Waals surface area contributed by atoms with Gasteiger partial charge in [-0.2, -0.15) is 0 Å². The Balaban J connectivity index is 1.30. The third-order valence-corrected chi connectivity index (χ3v) is 10.0. The smallest absolute Gasteiger partial charge is 0.338 e. The summed E-state index contributed by atoms with van der Waals surface area (Å²) in [5.41, 5.74) is 1.41. The Morgan fingerprint density at radius 3 is 1.53 bits per heavy atom. The predicted molar refractivity (Wildman–Crippen MR) is 156 cm³/mol. The SMILES string of the molecule is O=C(OCc1c2ccccc2cc2ccccc12)c1ccc(P(=O)(c2ccccc2)c2ccccc2)cc1. The predicted octanol–water partition coefficient (Wildman–Crippen LogP) is 6.99. The van der Waals surface area contributed by atoms with Crippen LogP contribution in [0.4, 0.5) is 0 Å². The molecule has 0 N–H and O–H groups in total. The minimum atomic E-state index is -3.10. The van der Waals surface area contributed by atoms with Gasteiger partial charge in [0.2, 0.25) is 0 Å². The quantitative estimate of drug-likeness (QED) is 0.137. The van der Waals surface area contributed by atoms with Crippen LogP contribution in [0.15, 0.2) is 140 Å². The third kappa shape index (κ3) is 4.32. The summed E-state index contributed by atoms with van der Waals surface area (Å²) in [7, 11) is -3.10. The standard InChI is InChI=1S/C34H25O3P/c35-34(37-24-33-31-17-9-7-11-26(31)23-27-12-8-10-18-32(27)33)25-19-21-30(22-20-25)38(36,28-13-3-1-4-14-28)29-15-5-2-6-16-29/h1-23H,24H2. The maximum Gasteiger partial charge on any atom is 0.338 e. The van der Waals surface area contributed by atoms with Crippen LogP contribution < -0.4 is 15.9 Å². The first-order valence-electron chi connectivity index (χ1n) is 12.5. The van der Waals surface area contributed by atoms with Crippen LogP contribution in [-0.4, -0.2) is 5.97 Å². The number of hydrogen-bond donors (Lipinski definition) is 0. The number of fused-ring (bicyclic) bond motifs is 2. The Kier molecular flexibility index (Phi) is 6.37. The monoisotopic (exact) mass is 512 g/mol. The van der Waals surface area contributed by atoms with Crippen molar-refractivity contribution in [1.82, 2.24) is 0 Å². The van der Waals surface area contributed by atoms with Crippen LogP contribution in [0.3, 0.4) is 0 Å². The molecule has 6 rings (SSSR count). The number of esters is 1. The van der Waals surface area contributed by atoms with Gasteiger partial charge in [0.1, 0.15) is 6.61 Å². The molecule has 0 aliphatic rings. The average Bonchev–Trinajstić information content (AvgIpc) is 2.99. The van der Waals surface area contributed by atoms with Crippen molar-refractivity contribution in [3.8, 4) is 0 Å². The van der Waals surface area contributed by atoms with Crippen molar-refractivity contribution in [3.05, 3.63) is 151 Å². The first-order chi connectivity index (χ1) is 18.6. The molecule has 184 valence electrons. The van der Waals surface area contributed by atoms with E-state index < -0.39 is 13.1 Å². The molecule has 0 atom stereocenters. The minimum Gasteiger partial charge on any atom is -0.457 e. The highest BCUT2D eigenvalue weighted by atomic mass is 31.2. The van der Waals surface area contributed by atoms with Gasteiger partial charge < -0.3 is 9.30 Å². The van der Waals surface area contributed by atoms with Crippen molar-refractivity contribution in [3.63, 3.8) is 0 Å². The Hall–Kier alpha value is -4.46. The zero-order valence-corrected chi connectivity index (χ0v) is 21.6. The van der Waals surface area contributed by atoms with E-state index in [0.29, 0.717) is 10.9 Å². The molecule has 0 saturated heterocycles. The van der Waals surface area contributed by atoms with E-state index in [0.717, 1.165) is 37.7 Å². The third-order valence-electron chi connectivity index (χ3n) is 6.94. The summed E-state index contributed by atoms with van der Waals surface area (Å²) in [6, 6.07) is 44.4. The number of carbonyl (C=O) groups is 1. The number of benzene rings is 6. The summed E-state index contributed by atoms with van der Waals surface area (Å²) >= 11 is 0. The lowest BCUT2D eigenvalue weighted by Gasteiger charge is -2.20. The highest BCUT2D eigenvalue weighted by Crippen LogP contribution is 2.42. The normalized spacial score (nSPS) is 11.5. The number of rotatable bonds is 6. The van der Waals surface area contributed by atoms with Crippen molar-refractivity contribution < 1.29 is 14.1 Å². The topological polar surface area (TPSA) is 43.4 Å². The van der Waals surface area contributed by atoms with Crippen LogP contribution in [0, 0.1) is 0 Å². The van der Waals surface area contributed by atoms with E-state index in [4.69, 9.17) is 4.74 Å². The van der Waals surface area contributed by atoms with Crippen molar-refractivity contribution in [2.45, 2.75) is 6.61 Å². The molecule has 0 unspecified atom stereocenters. The fraction of sp³-hybridized carbons (Fsp3) is 0.0294. The summed E-state index contributed by atoms with van der Waals surface area (Å²) in [6.45, 7) is 0.162. The van der Waals surface area contributed by atoms with E-state index in [-0.39, 0.29) is 6.61 Å². The van der Waals surface area contributed by atoms with Crippen LogP contribution in [-0.2, 0) is 15.9 Å². The Labute approximate surface area is 221 Å². The molecule has 0 aliphatic carbocycles. The van der Waals surface area contributed by atoms with Gasteiger partial charge in [-0.05, 0) is 39.7 Å². The lowest BCUT2D eigenvalue weighted by Crippen LogP contribution is -2.25. The first-order valence-corrected chi connectivity index (χ1v) is 14.2. The zero-order chi connectivity index (χ0) is 26.0. The average molecular weight is 513 g/mol. The second-order valence-electron chi connectivity index (χ2n) is 9.20. The van der Waals surface area contributed by atoms with Gasteiger partial charge in [-0.25, -0.2) is 4.79 Å². The molecule has 0 heterocycles. The number of carbonyl (C=O) groups excluding carboxylic acids is 1. The molecule has 0 fully saturated rings. The van der Waals surface area contributed by atoms with Crippen molar-refractivity contribution in [2.24, 2.45) is 0 Å². The van der Waals surface area contributed by atoms with Crippen LogP contribution >= 0.6 is 7.14 Å². The molecule has 6 aromatic carbocycles. The van der Waals surface area contributed by atoms with Gasteiger partial charge in [-0.1, -0.05) is 121 Å². The van der Waals surface area contributed by atoms with Crippen molar-refractivity contribution >= 4 is 50.6 Å². The summed E-state index contributed by atoms with van der Waals surface area (Å²) < 4.78 is 20.4. The van der Waals surface area contributed by atoms with Gasteiger partial charge in [-0.3, -0.25) is 0 Å². The van der Waals surface area contributed by atoms with Crippen LogP contribution in [0.1, 0.15) is 15.9 Å². The minimum absolute atomic E-state index is 0.162. The van der Waals surface area contributed by atoms with Crippen LogP contribution in [0.25, 0.3) is 21.5 Å². The second kappa shape index (κ2) is 10.1. The van der Waals surface area contributed by atoms with Crippen molar-refractivity contribution in [1.29, 1.82) is 0 Å². The van der Waals surface area contributed by atoms with E-state index in [1.54, 1.807) is 24.3 Å². The van der Waals surface area contributed by atoms with E-state index in [1.165, 1.54) is 0 Å². The molecule has 6 aromatic rings. The van der Waals surface area contributed by atoms with E-state index in [9.17, 15) is 9.36 Å². The Morgan fingerprint density at radius 2 is 1.00 bits per heavy atom. The molecule has 0 bridgehead atoms. The molecule has 0 radical (unpaired) electrons. The van der Waals surface area contributed by atoms with Gasteiger partial charge >= 0.3 is 5.97 Å². The van der Waals surface area contributed by atoms with Crippen LogP contribution in [0.2, 0.25) is 0 Å². The molecule has 0 aliphatic heterocycles. The lowest BCUT2D eigenvalue weighted by atomic mass is 9.97. The van der Waals surface area contributed by atoms with Gasteiger partial charge in [0.05, 0.1) is 5.56 Å². The van der Waals surface area contributed by atoms with Crippen molar-refractivity contribution in [2.75, 3.05) is 0 Å². The Bertz CT molecular complexity index is 1700. The van der Waals surface area contributed by atoms with E-state index in [1.807, 2.05) is 84.9 Å². The molecule has 0 spiro atoms. The molecule has 38 heavy (non-hydrogen) atoms. The second-order valence-corrected chi connectivity index (χ2v) is 12.0. The maximum absolute atomic E-state index is 14.5. The maximum atomic E-state index is 14.5. The Morgan fingerprint density at radius 1 is 0.553 bits per heavy atom. The largest absolute Gasteiger partial charge is 0.457 e. The molecule has 0 aromatic heterocycles. The first kappa shape index (κ1) is 23.9. The van der Waals surface area contributed by atoms with E-state index >= 15 is 0 Å². The van der Waals surface area contributed by atoms with Gasteiger partial charge in [0, 0.05) is 21.5 Å².